The van der Waals surface area contributed by atoms with Gasteiger partial charge in [-0.3, -0.25) is 4.79 Å². The highest BCUT2D eigenvalue weighted by atomic mass is 32.2. The highest BCUT2D eigenvalue weighted by Crippen LogP contribution is 2.31. The van der Waals surface area contributed by atoms with Gasteiger partial charge in [-0.15, -0.1) is 11.3 Å². The molecule has 3 rings (SSSR count). The molecule has 2 aromatic rings. The minimum absolute atomic E-state index is 0.279. The smallest absolute Gasteiger partial charge is 0.242 e. The zero-order valence-electron chi connectivity index (χ0n) is 13.9. The van der Waals surface area contributed by atoms with Gasteiger partial charge < -0.3 is 5.32 Å². The molecular formula is C16H19N3O3S3. The number of thiazole rings is 1. The fourth-order valence-electron chi connectivity index (χ4n) is 2.71. The van der Waals surface area contributed by atoms with E-state index in [2.05, 4.69) is 10.3 Å². The van der Waals surface area contributed by atoms with Gasteiger partial charge in [-0.2, -0.15) is 4.31 Å². The zero-order valence-corrected chi connectivity index (χ0v) is 16.4. The first-order valence-corrected chi connectivity index (χ1v) is 11.3. The molecule has 1 aliphatic heterocycles. The van der Waals surface area contributed by atoms with Crippen LogP contribution in [0.15, 0.2) is 38.9 Å². The van der Waals surface area contributed by atoms with Crippen molar-refractivity contribution in [1.29, 1.82) is 0 Å². The van der Waals surface area contributed by atoms with E-state index in [0.717, 1.165) is 21.2 Å². The number of carbonyl (C=O) groups excluding carboxylic acids is 1. The van der Waals surface area contributed by atoms with Crippen molar-refractivity contribution in [3.05, 3.63) is 35.3 Å². The molecular weight excluding hydrogens is 378 g/mol. The first-order chi connectivity index (χ1) is 11.8. The van der Waals surface area contributed by atoms with Gasteiger partial charge in [-0.1, -0.05) is 11.8 Å². The highest BCUT2D eigenvalue weighted by molar-refractivity contribution is 8.01. The van der Waals surface area contributed by atoms with E-state index in [1.54, 1.807) is 23.1 Å². The fourth-order valence-corrected chi connectivity index (χ4v) is 5.64. The molecule has 25 heavy (non-hydrogen) atoms. The summed E-state index contributed by atoms with van der Waals surface area (Å²) in [6.07, 6.45) is 2.40. The van der Waals surface area contributed by atoms with Crippen molar-refractivity contribution >= 4 is 44.7 Å². The molecule has 2 heterocycles. The lowest BCUT2D eigenvalue weighted by Gasteiger charge is -2.21. The molecule has 6 nitrogen and oxygen atoms in total. The van der Waals surface area contributed by atoms with Crippen LogP contribution in [-0.2, 0) is 14.8 Å². The third-order valence-electron chi connectivity index (χ3n) is 3.86. The number of carbonyl (C=O) groups is 1. The van der Waals surface area contributed by atoms with Crippen LogP contribution in [0.4, 0.5) is 5.69 Å². The molecule has 0 unspecified atom stereocenters. The average molecular weight is 398 g/mol. The summed E-state index contributed by atoms with van der Waals surface area (Å²) in [6, 6.07) is 6.85. The van der Waals surface area contributed by atoms with Gasteiger partial charge in [0, 0.05) is 28.2 Å². The van der Waals surface area contributed by atoms with E-state index in [0.29, 0.717) is 25.1 Å². The minimum Gasteiger partial charge on any atom is -0.325 e. The van der Waals surface area contributed by atoms with Crippen LogP contribution in [0.5, 0.6) is 0 Å². The van der Waals surface area contributed by atoms with Gasteiger partial charge in [0.1, 0.15) is 6.04 Å². The SMILES string of the molecule is Cc1csc(Sc2ccc(NC(=O)[C@H]3CCCN3S(C)(=O)=O)cc2)n1. The Kier molecular flexibility index (Phi) is 5.47. The summed E-state index contributed by atoms with van der Waals surface area (Å²) in [6.45, 7) is 2.36. The lowest BCUT2D eigenvalue weighted by Crippen LogP contribution is -2.42. The number of hydrogen-bond donors (Lipinski definition) is 1. The first kappa shape index (κ1) is 18.4. The predicted molar refractivity (Wildman–Crippen MR) is 101 cm³/mol. The Hall–Kier alpha value is -1.42. The molecule has 9 heteroatoms. The summed E-state index contributed by atoms with van der Waals surface area (Å²) in [4.78, 5) is 17.9. The first-order valence-electron chi connectivity index (χ1n) is 7.80. The van der Waals surface area contributed by atoms with Gasteiger partial charge >= 0.3 is 0 Å². The Bertz CT molecular complexity index is 862. The van der Waals surface area contributed by atoms with Gasteiger partial charge in [0.25, 0.3) is 0 Å². The molecule has 0 saturated carbocycles. The largest absolute Gasteiger partial charge is 0.325 e. The molecule has 1 N–H and O–H groups in total. The van der Waals surface area contributed by atoms with E-state index in [-0.39, 0.29) is 5.91 Å². The van der Waals surface area contributed by atoms with E-state index in [9.17, 15) is 13.2 Å². The average Bonchev–Trinajstić information content (AvgIpc) is 3.18. The second-order valence-corrected chi connectivity index (χ2v) is 10.0. The second-order valence-electron chi connectivity index (χ2n) is 5.90. The molecule has 0 spiro atoms. The van der Waals surface area contributed by atoms with Crippen LogP contribution in [0, 0.1) is 6.92 Å². The lowest BCUT2D eigenvalue weighted by atomic mass is 10.2. The number of amides is 1. The monoisotopic (exact) mass is 397 g/mol. The Morgan fingerprint density at radius 3 is 2.68 bits per heavy atom. The van der Waals surface area contributed by atoms with Crippen LogP contribution in [0.3, 0.4) is 0 Å². The summed E-state index contributed by atoms with van der Waals surface area (Å²) in [5.41, 5.74) is 1.66. The van der Waals surface area contributed by atoms with E-state index < -0.39 is 16.1 Å². The topological polar surface area (TPSA) is 79.4 Å². The zero-order chi connectivity index (χ0) is 18.0. The Morgan fingerprint density at radius 1 is 1.36 bits per heavy atom. The number of rotatable bonds is 5. The summed E-state index contributed by atoms with van der Waals surface area (Å²) in [7, 11) is -3.36. The van der Waals surface area contributed by atoms with Crippen molar-refractivity contribution in [1.82, 2.24) is 9.29 Å². The number of benzene rings is 1. The quantitative estimate of drug-likeness (QED) is 0.839. The van der Waals surface area contributed by atoms with Crippen LogP contribution >= 0.6 is 23.1 Å². The molecule has 1 amide bonds. The van der Waals surface area contributed by atoms with E-state index in [1.165, 1.54) is 4.31 Å². The standard InChI is InChI=1S/C16H19N3O3S3/c1-11-10-23-16(17-11)24-13-7-5-12(6-8-13)18-15(20)14-4-3-9-19(14)25(2,21)22/h5-8,10,14H,3-4,9H2,1-2H3,(H,18,20)/t14-/m1/s1. The molecule has 1 atom stereocenters. The van der Waals surface area contributed by atoms with E-state index in [4.69, 9.17) is 0 Å². The number of nitrogens with zero attached hydrogens (tertiary/aromatic N) is 2. The molecule has 1 aliphatic rings. The third kappa shape index (κ3) is 4.60. The molecule has 1 aromatic carbocycles. The minimum atomic E-state index is -3.36. The number of hydrogen-bond acceptors (Lipinski definition) is 6. The molecule has 1 saturated heterocycles. The van der Waals surface area contributed by atoms with E-state index in [1.807, 2.05) is 36.6 Å². The van der Waals surface area contributed by atoms with Crippen molar-refractivity contribution in [3.63, 3.8) is 0 Å². The fraction of sp³-hybridized carbons (Fsp3) is 0.375. The number of anilines is 1. The number of aryl methyl sites for hydroxylation is 1. The van der Waals surface area contributed by atoms with Gasteiger partial charge in [0.2, 0.25) is 15.9 Å². The number of nitrogens with one attached hydrogen (secondary N) is 1. The van der Waals surface area contributed by atoms with Gasteiger partial charge in [-0.25, -0.2) is 13.4 Å². The summed E-state index contributed by atoms with van der Waals surface area (Å²) >= 11 is 3.17. The Labute approximate surface area is 155 Å². The molecule has 0 bridgehead atoms. The van der Waals surface area contributed by atoms with Gasteiger partial charge in [-0.05, 0) is 44.0 Å². The normalized spacial score (nSPS) is 18.4. The summed E-state index contributed by atoms with van der Waals surface area (Å²) < 4.78 is 25.8. The third-order valence-corrected chi connectivity index (χ3v) is 7.21. The maximum atomic E-state index is 12.4. The molecule has 1 aromatic heterocycles. The molecule has 0 aliphatic carbocycles. The van der Waals surface area contributed by atoms with Gasteiger partial charge in [0.15, 0.2) is 4.34 Å². The van der Waals surface area contributed by atoms with Crippen molar-refractivity contribution < 1.29 is 13.2 Å². The number of sulfonamides is 1. The van der Waals surface area contributed by atoms with Crippen molar-refractivity contribution in [2.75, 3.05) is 18.1 Å². The number of aromatic nitrogens is 1. The van der Waals surface area contributed by atoms with Gasteiger partial charge in [0.05, 0.1) is 6.26 Å². The molecule has 1 fully saturated rings. The van der Waals surface area contributed by atoms with Crippen LogP contribution in [0.2, 0.25) is 0 Å². The molecule has 134 valence electrons. The van der Waals surface area contributed by atoms with Crippen LogP contribution in [0.25, 0.3) is 0 Å². The van der Waals surface area contributed by atoms with Crippen molar-refractivity contribution in [2.24, 2.45) is 0 Å². The maximum Gasteiger partial charge on any atom is 0.242 e. The molecule has 0 radical (unpaired) electrons. The predicted octanol–water partition coefficient (Wildman–Crippen LogP) is 2.97. The van der Waals surface area contributed by atoms with Crippen molar-refractivity contribution in [3.8, 4) is 0 Å². The summed E-state index contributed by atoms with van der Waals surface area (Å²) in [5, 5.41) is 4.82. The van der Waals surface area contributed by atoms with Crippen molar-refractivity contribution in [2.45, 2.75) is 35.0 Å². The lowest BCUT2D eigenvalue weighted by molar-refractivity contribution is -0.119. The Morgan fingerprint density at radius 2 is 2.08 bits per heavy atom. The van der Waals surface area contributed by atoms with Crippen LogP contribution in [0.1, 0.15) is 18.5 Å². The highest BCUT2D eigenvalue weighted by Gasteiger charge is 2.36. The second kappa shape index (κ2) is 7.45. The maximum absolute atomic E-state index is 12.4. The summed E-state index contributed by atoms with van der Waals surface area (Å²) in [5.74, 6) is -0.279. The van der Waals surface area contributed by atoms with Crippen LogP contribution in [-0.4, -0.2) is 42.5 Å². The Balaban J connectivity index is 1.64. The van der Waals surface area contributed by atoms with Crippen LogP contribution < -0.4 is 5.32 Å². The van der Waals surface area contributed by atoms with E-state index >= 15 is 0 Å².